The van der Waals surface area contributed by atoms with E-state index in [4.69, 9.17) is 0 Å². The molecule has 1 aromatic heterocycles. The van der Waals surface area contributed by atoms with E-state index in [0.29, 0.717) is 0 Å². The molecule has 0 unspecified atom stereocenters. The molecule has 0 aliphatic heterocycles. The molecule has 0 saturated heterocycles. The number of nitrogens with one attached hydrogen (secondary N) is 1. The zero-order chi connectivity index (χ0) is 12.0. The van der Waals surface area contributed by atoms with Gasteiger partial charge in [-0.15, -0.1) is 0 Å². The van der Waals surface area contributed by atoms with Gasteiger partial charge in [0.25, 0.3) is 0 Å². The van der Waals surface area contributed by atoms with Crippen molar-refractivity contribution in [1.82, 2.24) is 20.0 Å². The summed E-state index contributed by atoms with van der Waals surface area (Å²) in [6, 6.07) is 2.20. The van der Waals surface area contributed by atoms with E-state index in [2.05, 4.69) is 42.3 Å². The van der Waals surface area contributed by atoms with Crippen LogP contribution in [-0.2, 0) is 20.0 Å². The van der Waals surface area contributed by atoms with Crippen LogP contribution in [0.4, 0.5) is 0 Å². The molecule has 92 valence electrons. The van der Waals surface area contributed by atoms with Crippen molar-refractivity contribution < 1.29 is 0 Å². The van der Waals surface area contributed by atoms with Crippen LogP contribution >= 0.6 is 0 Å². The quantitative estimate of drug-likeness (QED) is 0.702. The molecule has 1 heterocycles. The molecule has 16 heavy (non-hydrogen) atoms. The Morgan fingerprint density at radius 1 is 1.44 bits per heavy atom. The molecule has 0 saturated carbocycles. The number of rotatable bonds is 7. The highest BCUT2D eigenvalue weighted by Crippen LogP contribution is 2.06. The van der Waals surface area contributed by atoms with Crippen molar-refractivity contribution in [2.75, 3.05) is 26.7 Å². The summed E-state index contributed by atoms with van der Waals surface area (Å²) >= 11 is 0. The van der Waals surface area contributed by atoms with Gasteiger partial charge in [0, 0.05) is 26.7 Å². The lowest BCUT2D eigenvalue weighted by atomic mass is 10.3. The van der Waals surface area contributed by atoms with Gasteiger partial charge in [0.15, 0.2) is 0 Å². The summed E-state index contributed by atoms with van der Waals surface area (Å²) in [6.45, 7) is 8.40. The van der Waals surface area contributed by atoms with Crippen molar-refractivity contribution in [3.8, 4) is 0 Å². The van der Waals surface area contributed by atoms with E-state index in [1.807, 2.05) is 11.7 Å². The van der Waals surface area contributed by atoms with Crippen molar-refractivity contribution in [3.05, 3.63) is 17.5 Å². The van der Waals surface area contributed by atoms with E-state index in [-0.39, 0.29) is 0 Å². The van der Waals surface area contributed by atoms with Crippen molar-refractivity contribution >= 4 is 0 Å². The molecule has 1 rings (SSSR count). The molecule has 4 heteroatoms. The van der Waals surface area contributed by atoms with E-state index in [0.717, 1.165) is 32.6 Å². The lowest BCUT2D eigenvalue weighted by Gasteiger charge is -2.16. The zero-order valence-corrected chi connectivity index (χ0v) is 11.0. The van der Waals surface area contributed by atoms with E-state index in [1.54, 1.807) is 0 Å². The molecule has 4 nitrogen and oxygen atoms in total. The second-order valence-electron chi connectivity index (χ2n) is 4.20. The number of aromatic nitrogens is 2. The maximum atomic E-state index is 4.45. The summed E-state index contributed by atoms with van der Waals surface area (Å²) in [7, 11) is 4.17. The van der Waals surface area contributed by atoms with E-state index < -0.39 is 0 Å². The Labute approximate surface area is 98.6 Å². The Hall–Kier alpha value is -0.870. The third-order valence-electron chi connectivity index (χ3n) is 2.74. The van der Waals surface area contributed by atoms with Crippen molar-refractivity contribution in [2.45, 2.75) is 26.8 Å². The summed E-state index contributed by atoms with van der Waals surface area (Å²) in [5.41, 5.74) is 2.47. The highest BCUT2D eigenvalue weighted by atomic mass is 15.3. The Kier molecular flexibility index (Phi) is 5.49. The van der Waals surface area contributed by atoms with Gasteiger partial charge < -0.3 is 5.32 Å². The molecule has 0 atom stereocenters. The summed E-state index contributed by atoms with van der Waals surface area (Å²) in [5, 5.41) is 7.78. The van der Waals surface area contributed by atoms with Crippen LogP contribution in [-0.4, -0.2) is 41.4 Å². The van der Waals surface area contributed by atoms with Gasteiger partial charge in [0.1, 0.15) is 0 Å². The standard InChI is InChI=1S/C12H24N4/c1-5-11-9-12(16(4)14-11)10-15(3)8-7-13-6-2/h9,13H,5-8,10H2,1-4H3. The Balaban J connectivity index is 2.42. The molecule has 0 radical (unpaired) electrons. The fraction of sp³-hybridized carbons (Fsp3) is 0.750. The van der Waals surface area contributed by atoms with Crippen LogP contribution in [0.1, 0.15) is 25.2 Å². The minimum Gasteiger partial charge on any atom is -0.316 e. The summed E-state index contributed by atoms with van der Waals surface area (Å²) < 4.78 is 1.99. The first-order valence-electron chi connectivity index (χ1n) is 6.08. The maximum Gasteiger partial charge on any atom is 0.0625 e. The average Bonchev–Trinajstić information content (AvgIpc) is 2.60. The minimum absolute atomic E-state index is 0.967. The molecule has 1 N–H and O–H groups in total. The summed E-state index contributed by atoms with van der Waals surface area (Å²) in [5.74, 6) is 0. The second-order valence-corrected chi connectivity index (χ2v) is 4.20. The predicted molar refractivity (Wildman–Crippen MR) is 67.5 cm³/mol. The van der Waals surface area contributed by atoms with Crippen LogP contribution in [0.3, 0.4) is 0 Å². The number of hydrogen-bond acceptors (Lipinski definition) is 3. The molecular weight excluding hydrogens is 200 g/mol. The van der Waals surface area contributed by atoms with E-state index in [9.17, 15) is 0 Å². The lowest BCUT2D eigenvalue weighted by molar-refractivity contribution is 0.316. The van der Waals surface area contributed by atoms with Crippen LogP contribution in [0.25, 0.3) is 0 Å². The lowest BCUT2D eigenvalue weighted by Crippen LogP contribution is -2.29. The van der Waals surface area contributed by atoms with Crippen LogP contribution in [0.15, 0.2) is 6.07 Å². The SMILES string of the molecule is CCNCCN(C)Cc1cc(CC)nn1C. The number of aryl methyl sites for hydroxylation is 2. The molecule has 0 aromatic carbocycles. The van der Waals surface area contributed by atoms with Crippen molar-refractivity contribution in [1.29, 1.82) is 0 Å². The molecular formula is C12H24N4. The number of hydrogen-bond donors (Lipinski definition) is 1. The topological polar surface area (TPSA) is 33.1 Å². The van der Waals surface area contributed by atoms with Gasteiger partial charge >= 0.3 is 0 Å². The fourth-order valence-electron chi connectivity index (χ4n) is 1.69. The summed E-state index contributed by atoms with van der Waals surface area (Å²) in [6.07, 6.45) is 1.01. The molecule has 0 bridgehead atoms. The Morgan fingerprint density at radius 2 is 2.19 bits per heavy atom. The van der Waals surface area contributed by atoms with Gasteiger partial charge in [-0.25, -0.2) is 0 Å². The molecule has 0 aliphatic carbocycles. The molecule has 0 spiro atoms. The normalized spacial score (nSPS) is 11.3. The first-order chi connectivity index (χ1) is 7.67. The molecule has 0 fully saturated rings. The first-order valence-corrected chi connectivity index (χ1v) is 6.08. The Morgan fingerprint density at radius 3 is 2.75 bits per heavy atom. The van der Waals surface area contributed by atoms with Crippen molar-refractivity contribution in [3.63, 3.8) is 0 Å². The monoisotopic (exact) mass is 224 g/mol. The van der Waals surface area contributed by atoms with Gasteiger partial charge in [-0.3, -0.25) is 9.58 Å². The van der Waals surface area contributed by atoms with Gasteiger partial charge in [0.05, 0.1) is 11.4 Å². The smallest absolute Gasteiger partial charge is 0.0625 e. The molecule has 0 amide bonds. The number of likely N-dealkylation sites (N-methyl/N-ethyl adjacent to an activating group) is 2. The predicted octanol–water partition coefficient (Wildman–Crippen LogP) is 1.02. The maximum absolute atomic E-state index is 4.45. The van der Waals surface area contributed by atoms with Crippen LogP contribution in [0.5, 0.6) is 0 Å². The number of nitrogens with zero attached hydrogens (tertiary/aromatic N) is 3. The largest absolute Gasteiger partial charge is 0.316 e. The molecule has 0 aliphatic rings. The van der Waals surface area contributed by atoms with Crippen LogP contribution in [0.2, 0.25) is 0 Å². The van der Waals surface area contributed by atoms with Crippen LogP contribution < -0.4 is 5.32 Å². The van der Waals surface area contributed by atoms with Gasteiger partial charge in [-0.2, -0.15) is 5.10 Å². The van der Waals surface area contributed by atoms with Crippen molar-refractivity contribution in [2.24, 2.45) is 7.05 Å². The minimum atomic E-state index is 0.967. The third kappa shape index (κ3) is 3.94. The highest BCUT2D eigenvalue weighted by molar-refractivity contribution is 5.09. The first kappa shape index (κ1) is 13.2. The highest BCUT2D eigenvalue weighted by Gasteiger charge is 2.06. The zero-order valence-electron chi connectivity index (χ0n) is 11.0. The fourth-order valence-corrected chi connectivity index (χ4v) is 1.69. The molecule has 1 aromatic rings. The van der Waals surface area contributed by atoms with Gasteiger partial charge in [-0.05, 0) is 26.1 Å². The van der Waals surface area contributed by atoms with Crippen LogP contribution in [0, 0.1) is 0 Å². The van der Waals surface area contributed by atoms with Gasteiger partial charge in [-0.1, -0.05) is 13.8 Å². The van der Waals surface area contributed by atoms with E-state index in [1.165, 1.54) is 11.4 Å². The third-order valence-corrected chi connectivity index (χ3v) is 2.74. The second kappa shape index (κ2) is 6.66. The Bertz CT molecular complexity index is 306. The average molecular weight is 224 g/mol. The van der Waals surface area contributed by atoms with Gasteiger partial charge in [0.2, 0.25) is 0 Å². The summed E-state index contributed by atoms with van der Waals surface area (Å²) in [4.78, 5) is 2.32. The van der Waals surface area contributed by atoms with E-state index >= 15 is 0 Å².